The number of ether oxygens (including phenoxy) is 2. The van der Waals surface area contributed by atoms with E-state index in [0.29, 0.717) is 45.8 Å². The van der Waals surface area contributed by atoms with Crippen molar-refractivity contribution in [3.05, 3.63) is 0 Å². The Hall–Kier alpha value is -0.261. The topological polar surface area (TPSA) is 52.6 Å². The van der Waals surface area contributed by atoms with Gasteiger partial charge in [-0.3, -0.25) is 9.59 Å². The summed E-state index contributed by atoms with van der Waals surface area (Å²) in [7, 11) is 0. The van der Waals surface area contributed by atoms with Crippen molar-refractivity contribution in [2.45, 2.75) is 165 Å². The molecule has 0 fully saturated rings. The van der Waals surface area contributed by atoms with Crippen LogP contribution in [0.5, 0.6) is 0 Å². The first-order chi connectivity index (χ1) is 16.4. The van der Waals surface area contributed by atoms with Crippen molar-refractivity contribution >= 4 is 33.1 Å². The van der Waals surface area contributed by atoms with Crippen LogP contribution in [-0.4, -0.2) is 46.3 Å². The number of esters is 2. The monoisotopic (exact) mass is 604 g/mol. The minimum absolute atomic E-state index is 0.140. The van der Waals surface area contributed by atoms with Crippen LogP contribution in [0.25, 0.3) is 0 Å². The molecule has 0 aromatic carbocycles. The van der Waals surface area contributed by atoms with Gasteiger partial charge >= 0.3 is 81.5 Å². The Bertz CT molecular complexity index is 448. The second-order valence-corrected chi connectivity index (χ2v) is 21.1. The molecule has 0 saturated heterocycles. The SMILES string of the molecule is CCCCCCCCOC(=O)CCCCC(=O)OCCCCCCCC.C[C](C)(C)[Sn][C](C)(C)C. The number of rotatable bonds is 19. The summed E-state index contributed by atoms with van der Waals surface area (Å²) in [6.07, 6.45) is 16.5. The molecule has 208 valence electrons. The fourth-order valence-electron chi connectivity index (χ4n) is 3.94. The van der Waals surface area contributed by atoms with Crippen molar-refractivity contribution < 1.29 is 19.1 Å². The first-order valence-corrected chi connectivity index (χ1v) is 17.4. The molecule has 0 spiro atoms. The summed E-state index contributed by atoms with van der Waals surface area (Å²) < 4.78 is 11.7. The Kier molecular flexibility index (Phi) is 25.4. The summed E-state index contributed by atoms with van der Waals surface area (Å²) in [6, 6.07) is 0. The third-order valence-electron chi connectivity index (χ3n) is 5.28. The maximum atomic E-state index is 11.6. The molecule has 4 nitrogen and oxygen atoms in total. The Morgan fingerprint density at radius 1 is 0.514 bits per heavy atom. The fraction of sp³-hybridized carbons (Fsp3) is 0.933. The Morgan fingerprint density at radius 3 is 1.11 bits per heavy atom. The maximum absolute atomic E-state index is 11.6. The van der Waals surface area contributed by atoms with Crippen molar-refractivity contribution in [2.75, 3.05) is 13.2 Å². The van der Waals surface area contributed by atoms with Crippen LogP contribution in [0, 0.1) is 0 Å². The number of carbonyl (C=O) groups is 2. The third kappa shape index (κ3) is 36.0. The normalized spacial score (nSPS) is 11.5. The van der Waals surface area contributed by atoms with Crippen LogP contribution >= 0.6 is 0 Å². The van der Waals surface area contributed by atoms with Crippen LogP contribution in [0.1, 0.15) is 158 Å². The Balaban J connectivity index is 0. The predicted molar refractivity (Wildman–Crippen MR) is 152 cm³/mol. The molecule has 0 aliphatic carbocycles. The van der Waals surface area contributed by atoms with Gasteiger partial charge in [-0.2, -0.15) is 0 Å². The molecule has 35 heavy (non-hydrogen) atoms. The zero-order valence-electron chi connectivity index (χ0n) is 24.9. The molecule has 0 unspecified atom stereocenters. The molecule has 0 aromatic heterocycles. The van der Waals surface area contributed by atoms with Crippen molar-refractivity contribution in [3.63, 3.8) is 0 Å². The van der Waals surface area contributed by atoms with E-state index in [0.717, 1.165) is 25.7 Å². The van der Waals surface area contributed by atoms with E-state index in [1.165, 1.54) is 51.4 Å². The Morgan fingerprint density at radius 2 is 0.829 bits per heavy atom. The van der Waals surface area contributed by atoms with E-state index in [1.807, 2.05) is 0 Å². The van der Waals surface area contributed by atoms with Crippen LogP contribution in [0.15, 0.2) is 0 Å². The fourth-order valence-corrected chi connectivity index (χ4v) is 10.4. The van der Waals surface area contributed by atoms with E-state index in [2.05, 4.69) is 55.4 Å². The molecule has 0 aromatic rings. The second kappa shape index (κ2) is 24.1. The molecule has 0 saturated carbocycles. The summed E-state index contributed by atoms with van der Waals surface area (Å²) in [5.41, 5.74) is 0. The molecule has 0 amide bonds. The molecular formula is C30H60O4Sn. The standard InChI is InChI=1S/C22H42O4.2C4H9.Sn/c1-3-5-7-9-11-15-19-25-21(23)17-13-14-18-22(24)26-20-16-12-10-8-6-4-2;2*1-4(2)3;/h3-20H2,1-2H3;2*1-3H3;. The predicted octanol–water partition coefficient (Wildman–Crippen LogP) is 9.48. The zero-order chi connectivity index (χ0) is 27.0. The van der Waals surface area contributed by atoms with Gasteiger partial charge in [0.25, 0.3) is 0 Å². The average Bonchev–Trinajstić information content (AvgIpc) is 2.73. The van der Waals surface area contributed by atoms with Gasteiger partial charge in [0.1, 0.15) is 0 Å². The third-order valence-corrected chi connectivity index (χ3v) is 9.56. The molecule has 0 aliphatic heterocycles. The van der Waals surface area contributed by atoms with Gasteiger partial charge in [0.2, 0.25) is 0 Å². The molecular weight excluding hydrogens is 543 g/mol. The molecule has 0 bridgehead atoms. The van der Waals surface area contributed by atoms with E-state index in [9.17, 15) is 9.59 Å². The van der Waals surface area contributed by atoms with Crippen LogP contribution < -0.4 is 0 Å². The molecule has 0 heterocycles. The summed E-state index contributed by atoms with van der Waals surface area (Å²) in [5.74, 6) is -0.280. The quantitative estimate of drug-likeness (QED) is 0.0839. The van der Waals surface area contributed by atoms with Crippen molar-refractivity contribution in [1.29, 1.82) is 0 Å². The van der Waals surface area contributed by atoms with Gasteiger partial charge in [0.15, 0.2) is 0 Å². The van der Waals surface area contributed by atoms with Crippen molar-refractivity contribution in [3.8, 4) is 0 Å². The molecule has 2 radical (unpaired) electrons. The number of carbonyl (C=O) groups excluding carboxylic acids is 2. The van der Waals surface area contributed by atoms with E-state index in [4.69, 9.17) is 9.47 Å². The first-order valence-electron chi connectivity index (χ1n) is 14.5. The minimum atomic E-state index is -0.182. The van der Waals surface area contributed by atoms with E-state index in [1.54, 1.807) is 0 Å². The van der Waals surface area contributed by atoms with Crippen LogP contribution in [0.3, 0.4) is 0 Å². The van der Waals surface area contributed by atoms with Gasteiger partial charge in [-0.15, -0.1) is 0 Å². The zero-order valence-corrected chi connectivity index (χ0v) is 27.7. The van der Waals surface area contributed by atoms with Crippen LogP contribution in [0.2, 0.25) is 6.86 Å². The summed E-state index contributed by atoms with van der Waals surface area (Å²) in [4.78, 5) is 23.2. The molecule has 0 rings (SSSR count). The summed E-state index contributed by atoms with van der Waals surface area (Å²) >= 11 is -0.182. The van der Waals surface area contributed by atoms with Gasteiger partial charge in [0.05, 0.1) is 13.2 Å². The van der Waals surface area contributed by atoms with Gasteiger partial charge in [-0.05, 0) is 25.7 Å². The van der Waals surface area contributed by atoms with Gasteiger partial charge in [0, 0.05) is 12.8 Å². The number of hydrogen-bond acceptors (Lipinski definition) is 4. The van der Waals surface area contributed by atoms with Gasteiger partial charge in [-0.1, -0.05) is 78.1 Å². The van der Waals surface area contributed by atoms with Crippen molar-refractivity contribution in [2.24, 2.45) is 0 Å². The summed E-state index contributed by atoms with van der Waals surface area (Å²) in [6.45, 7) is 19.7. The molecule has 0 atom stereocenters. The van der Waals surface area contributed by atoms with E-state index >= 15 is 0 Å². The second-order valence-electron chi connectivity index (χ2n) is 11.8. The van der Waals surface area contributed by atoms with Crippen LogP contribution in [0.4, 0.5) is 0 Å². The molecule has 5 heteroatoms. The Labute approximate surface area is 229 Å². The average molecular weight is 604 g/mol. The van der Waals surface area contributed by atoms with E-state index in [-0.39, 0.29) is 33.1 Å². The van der Waals surface area contributed by atoms with E-state index < -0.39 is 0 Å². The number of unbranched alkanes of at least 4 members (excludes halogenated alkanes) is 11. The molecule has 0 N–H and O–H groups in total. The van der Waals surface area contributed by atoms with Gasteiger partial charge in [-0.25, -0.2) is 0 Å². The molecule has 0 aliphatic rings. The van der Waals surface area contributed by atoms with Crippen molar-refractivity contribution in [1.82, 2.24) is 0 Å². The number of hydrogen-bond donors (Lipinski definition) is 0. The summed E-state index contributed by atoms with van der Waals surface area (Å²) in [5, 5.41) is 0. The van der Waals surface area contributed by atoms with Gasteiger partial charge < -0.3 is 9.47 Å². The first kappa shape index (κ1) is 36.9. The van der Waals surface area contributed by atoms with Crippen LogP contribution in [-0.2, 0) is 19.1 Å².